The van der Waals surface area contributed by atoms with Crippen molar-refractivity contribution in [3.8, 4) is 0 Å². The van der Waals surface area contributed by atoms with Crippen molar-refractivity contribution in [2.24, 2.45) is 0 Å². The Balaban J connectivity index is 2.07. The zero-order chi connectivity index (χ0) is 14.9. The lowest BCUT2D eigenvalue weighted by atomic mass is 10.0. The molecule has 20 heavy (non-hydrogen) atoms. The Hall–Kier alpha value is 0.0500. The van der Waals surface area contributed by atoms with Crippen LogP contribution < -0.4 is 0 Å². The van der Waals surface area contributed by atoms with Crippen LogP contribution in [0.5, 0.6) is 0 Å². The van der Waals surface area contributed by atoms with Crippen LogP contribution in [0, 0.1) is 0 Å². The molecule has 0 aliphatic carbocycles. The molecule has 1 aromatic rings. The highest BCUT2D eigenvalue weighted by molar-refractivity contribution is 9.11. The van der Waals surface area contributed by atoms with Crippen LogP contribution in [-0.2, 0) is 10.0 Å². The lowest BCUT2D eigenvalue weighted by molar-refractivity contribution is 0.140. The van der Waals surface area contributed by atoms with Crippen molar-refractivity contribution >= 4 is 37.3 Å². The second-order valence-electron chi connectivity index (χ2n) is 5.44. The Labute approximate surface area is 133 Å². The summed E-state index contributed by atoms with van der Waals surface area (Å²) in [6.45, 7) is 6.31. The van der Waals surface area contributed by atoms with E-state index >= 15 is 0 Å². The van der Waals surface area contributed by atoms with Gasteiger partial charge in [0.1, 0.15) is 4.21 Å². The van der Waals surface area contributed by atoms with Crippen LogP contribution >= 0.6 is 27.3 Å². The van der Waals surface area contributed by atoms with Gasteiger partial charge in [-0.3, -0.25) is 0 Å². The van der Waals surface area contributed by atoms with Crippen LogP contribution in [0.25, 0.3) is 0 Å². The molecule has 2 rings (SSSR count). The lowest BCUT2D eigenvalue weighted by Crippen LogP contribution is -2.47. The van der Waals surface area contributed by atoms with Crippen molar-refractivity contribution in [3.05, 3.63) is 15.9 Å². The number of hydrogen-bond donors (Lipinski definition) is 0. The second kappa shape index (κ2) is 6.44. The summed E-state index contributed by atoms with van der Waals surface area (Å²) in [5, 5.41) is 0. The van der Waals surface area contributed by atoms with Crippen LogP contribution in [0.3, 0.4) is 0 Å². The summed E-state index contributed by atoms with van der Waals surface area (Å²) >= 11 is 4.59. The summed E-state index contributed by atoms with van der Waals surface area (Å²) in [5.41, 5.74) is 0. The second-order valence-corrected chi connectivity index (χ2v) is 10.1. The number of hydrogen-bond acceptors (Lipinski definition) is 4. The van der Waals surface area contributed by atoms with Crippen LogP contribution in [0.2, 0.25) is 0 Å². The van der Waals surface area contributed by atoms with E-state index in [0.717, 1.165) is 29.7 Å². The molecule has 1 aliphatic rings. The fourth-order valence-corrected chi connectivity index (χ4v) is 6.15. The van der Waals surface area contributed by atoms with Crippen molar-refractivity contribution in [2.75, 3.05) is 20.1 Å². The van der Waals surface area contributed by atoms with E-state index in [4.69, 9.17) is 0 Å². The van der Waals surface area contributed by atoms with E-state index in [1.165, 1.54) is 11.3 Å². The van der Waals surface area contributed by atoms with Gasteiger partial charge in [-0.2, -0.15) is 4.31 Å². The molecule has 1 saturated heterocycles. The molecule has 2 heterocycles. The molecule has 1 aromatic heterocycles. The average Bonchev–Trinajstić information content (AvgIpc) is 2.85. The van der Waals surface area contributed by atoms with Crippen LogP contribution in [0.4, 0.5) is 0 Å². The third-order valence-corrected chi connectivity index (χ3v) is 7.93. The maximum atomic E-state index is 12.6. The van der Waals surface area contributed by atoms with Gasteiger partial charge < -0.3 is 4.90 Å². The summed E-state index contributed by atoms with van der Waals surface area (Å²) < 4.78 is 27.9. The van der Waals surface area contributed by atoms with E-state index in [0.29, 0.717) is 10.3 Å². The largest absolute Gasteiger partial charge is 0.301 e. The van der Waals surface area contributed by atoms with Gasteiger partial charge >= 0.3 is 0 Å². The molecular formula is C13H21BrN2O2S2. The highest BCUT2D eigenvalue weighted by Crippen LogP contribution is 2.30. The minimum Gasteiger partial charge on any atom is -0.301 e. The van der Waals surface area contributed by atoms with Crippen LogP contribution in [0.1, 0.15) is 26.7 Å². The number of rotatable bonds is 4. The molecule has 1 fully saturated rings. The van der Waals surface area contributed by atoms with E-state index in [1.807, 2.05) is 0 Å². The minimum absolute atomic E-state index is 0.107. The van der Waals surface area contributed by atoms with Gasteiger partial charge in [0, 0.05) is 19.1 Å². The standard InChI is InChI=1S/C13H21BrN2O2S2/c1-10(2)16-8-6-11(7-9-16)15(3)20(17,18)13-5-4-12(14)19-13/h4-5,10-11H,6-9H2,1-3H3. The Morgan fingerprint density at radius 2 is 1.95 bits per heavy atom. The topological polar surface area (TPSA) is 40.6 Å². The van der Waals surface area contributed by atoms with Gasteiger partial charge in [-0.15, -0.1) is 11.3 Å². The molecule has 0 aromatic carbocycles. The van der Waals surface area contributed by atoms with Gasteiger partial charge in [-0.1, -0.05) is 0 Å². The van der Waals surface area contributed by atoms with Crippen molar-refractivity contribution in [3.63, 3.8) is 0 Å². The fraction of sp³-hybridized carbons (Fsp3) is 0.692. The molecule has 0 amide bonds. The van der Waals surface area contributed by atoms with Gasteiger partial charge in [0.15, 0.2) is 0 Å². The van der Waals surface area contributed by atoms with E-state index in [2.05, 4.69) is 34.7 Å². The van der Waals surface area contributed by atoms with E-state index in [1.54, 1.807) is 23.5 Å². The van der Waals surface area contributed by atoms with Crippen molar-refractivity contribution in [1.82, 2.24) is 9.21 Å². The van der Waals surface area contributed by atoms with E-state index in [9.17, 15) is 8.42 Å². The van der Waals surface area contributed by atoms with Gasteiger partial charge in [0.05, 0.1) is 3.79 Å². The van der Waals surface area contributed by atoms with Gasteiger partial charge in [0.2, 0.25) is 0 Å². The van der Waals surface area contributed by atoms with Gasteiger partial charge in [-0.05, 0) is 67.8 Å². The number of thiophene rings is 1. The maximum Gasteiger partial charge on any atom is 0.252 e. The normalized spacial score (nSPS) is 19.1. The number of likely N-dealkylation sites (tertiary alicyclic amines) is 1. The summed E-state index contributed by atoms with van der Waals surface area (Å²) in [5.74, 6) is 0. The molecule has 0 radical (unpaired) electrons. The van der Waals surface area contributed by atoms with Crippen LogP contribution in [-0.4, -0.2) is 49.8 Å². The highest BCUT2D eigenvalue weighted by Gasteiger charge is 2.32. The quantitative estimate of drug-likeness (QED) is 0.805. The number of sulfonamides is 1. The number of halogens is 1. The molecular weight excluding hydrogens is 360 g/mol. The average molecular weight is 381 g/mol. The molecule has 4 nitrogen and oxygen atoms in total. The predicted octanol–water partition coefficient (Wildman–Crippen LogP) is 3.00. The Kier molecular flexibility index (Phi) is 5.29. The first kappa shape index (κ1) is 16.4. The van der Waals surface area contributed by atoms with Crippen LogP contribution in [0.15, 0.2) is 20.1 Å². The number of piperidine rings is 1. The maximum absolute atomic E-state index is 12.6. The summed E-state index contributed by atoms with van der Waals surface area (Å²) in [4.78, 5) is 2.40. The van der Waals surface area contributed by atoms with E-state index < -0.39 is 10.0 Å². The van der Waals surface area contributed by atoms with Crippen molar-refractivity contribution < 1.29 is 8.42 Å². The molecule has 0 N–H and O–H groups in total. The third kappa shape index (κ3) is 3.44. The Bertz CT molecular complexity index is 548. The highest BCUT2D eigenvalue weighted by atomic mass is 79.9. The summed E-state index contributed by atoms with van der Waals surface area (Å²) in [6, 6.07) is 4.10. The lowest BCUT2D eigenvalue weighted by Gasteiger charge is -2.37. The summed E-state index contributed by atoms with van der Waals surface area (Å²) in [6.07, 6.45) is 1.81. The Morgan fingerprint density at radius 3 is 2.40 bits per heavy atom. The zero-order valence-corrected chi connectivity index (χ0v) is 15.3. The molecule has 0 atom stereocenters. The van der Waals surface area contributed by atoms with Gasteiger partial charge in [-0.25, -0.2) is 8.42 Å². The van der Waals surface area contributed by atoms with Crippen molar-refractivity contribution in [2.45, 2.75) is 43.0 Å². The number of nitrogens with zero attached hydrogens (tertiary/aromatic N) is 2. The molecule has 7 heteroatoms. The fourth-order valence-electron chi connectivity index (χ4n) is 2.54. The first-order valence-corrected chi connectivity index (χ1v) is 9.84. The van der Waals surface area contributed by atoms with Crippen molar-refractivity contribution in [1.29, 1.82) is 0 Å². The molecule has 0 unspecified atom stereocenters. The minimum atomic E-state index is -3.35. The molecule has 0 saturated carbocycles. The SMILES string of the molecule is CC(C)N1CCC(N(C)S(=O)(=O)c2ccc(Br)s2)CC1. The van der Waals surface area contributed by atoms with E-state index in [-0.39, 0.29) is 6.04 Å². The third-order valence-electron chi connectivity index (χ3n) is 3.93. The van der Waals surface area contributed by atoms with Gasteiger partial charge in [0.25, 0.3) is 10.0 Å². The monoisotopic (exact) mass is 380 g/mol. The Morgan fingerprint density at radius 1 is 1.35 bits per heavy atom. The molecule has 114 valence electrons. The first-order chi connectivity index (χ1) is 9.32. The predicted molar refractivity (Wildman–Crippen MR) is 86.7 cm³/mol. The molecule has 1 aliphatic heterocycles. The smallest absolute Gasteiger partial charge is 0.252 e. The molecule has 0 bridgehead atoms. The zero-order valence-electron chi connectivity index (χ0n) is 12.0. The molecule has 0 spiro atoms. The first-order valence-electron chi connectivity index (χ1n) is 6.80. The summed E-state index contributed by atoms with van der Waals surface area (Å²) in [7, 11) is -1.65.